The number of rotatable bonds is 6. The average molecular weight is 540 g/mol. The third-order valence-corrected chi connectivity index (χ3v) is 10.4. The second kappa shape index (κ2) is 10.6. The molecule has 5 rings (SSSR count). The van der Waals surface area contributed by atoms with Crippen LogP contribution >= 0.6 is 11.3 Å². The minimum atomic E-state index is -3.66. The molecule has 0 spiro atoms. The summed E-state index contributed by atoms with van der Waals surface area (Å²) in [6.45, 7) is 6.11. The molecule has 2 atom stereocenters. The lowest BCUT2D eigenvalue weighted by Crippen LogP contribution is -2.57. The van der Waals surface area contributed by atoms with Crippen molar-refractivity contribution in [2.45, 2.75) is 37.2 Å². The van der Waals surface area contributed by atoms with Crippen molar-refractivity contribution in [2.24, 2.45) is 0 Å². The number of benzene rings is 2. The maximum atomic E-state index is 13.5. The highest BCUT2D eigenvalue weighted by atomic mass is 32.2. The van der Waals surface area contributed by atoms with Gasteiger partial charge in [0.05, 0.1) is 24.6 Å². The number of carbonyl (C=O) groups is 1. The fraction of sp³-hybridized carbons (Fsp3) is 0.393. The summed E-state index contributed by atoms with van der Waals surface area (Å²) in [4.78, 5) is 19.2. The largest absolute Gasteiger partial charge is 0.497 e. The fourth-order valence-electron chi connectivity index (χ4n) is 5.36. The Morgan fingerprint density at radius 1 is 1.03 bits per heavy atom. The summed E-state index contributed by atoms with van der Waals surface area (Å²) in [5.74, 6) is 0.655. The van der Waals surface area contributed by atoms with Crippen LogP contribution in [0.4, 0.5) is 0 Å². The Labute approximate surface area is 223 Å². The second-order valence-electron chi connectivity index (χ2n) is 9.81. The van der Waals surface area contributed by atoms with Crippen LogP contribution in [0.5, 0.6) is 5.75 Å². The molecule has 0 N–H and O–H groups in total. The van der Waals surface area contributed by atoms with Crippen molar-refractivity contribution in [3.8, 4) is 5.75 Å². The Bertz CT molecular complexity index is 1350. The van der Waals surface area contributed by atoms with Crippen LogP contribution in [-0.2, 0) is 21.2 Å². The third kappa shape index (κ3) is 5.18. The first-order chi connectivity index (χ1) is 17.8. The van der Waals surface area contributed by atoms with E-state index in [1.807, 2.05) is 11.8 Å². The summed E-state index contributed by atoms with van der Waals surface area (Å²) < 4.78 is 33.2. The topological polar surface area (TPSA) is 70.2 Å². The van der Waals surface area contributed by atoms with Gasteiger partial charge in [-0.15, -0.1) is 11.3 Å². The number of piperazine rings is 1. The van der Waals surface area contributed by atoms with E-state index in [4.69, 9.17) is 4.74 Å². The molecule has 1 fully saturated rings. The maximum Gasteiger partial charge on any atom is 0.243 e. The first kappa shape index (κ1) is 25.9. The van der Waals surface area contributed by atoms with E-state index in [1.165, 1.54) is 25.9 Å². The number of carbonyl (C=O) groups excluding carboxylic acids is 1. The molecule has 0 aliphatic carbocycles. The molecule has 196 valence electrons. The van der Waals surface area contributed by atoms with Gasteiger partial charge in [0, 0.05) is 37.1 Å². The van der Waals surface area contributed by atoms with E-state index in [9.17, 15) is 13.2 Å². The Balaban J connectivity index is 1.29. The van der Waals surface area contributed by atoms with Gasteiger partial charge in [-0.3, -0.25) is 9.69 Å². The van der Waals surface area contributed by atoms with Crippen molar-refractivity contribution in [3.63, 3.8) is 0 Å². The molecule has 2 aliphatic rings. The van der Waals surface area contributed by atoms with Crippen LogP contribution < -0.4 is 4.74 Å². The van der Waals surface area contributed by atoms with Crippen molar-refractivity contribution in [1.82, 2.24) is 14.1 Å². The first-order valence-electron chi connectivity index (χ1n) is 12.6. The zero-order chi connectivity index (χ0) is 26.2. The highest BCUT2D eigenvalue weighted by molar-refractivity contribution is 7.89. The molecule has 1 aromatic heterocycles. The average Bonchev–Trinajstić information content (AvgIpc) is 3.38. The van der Waals surface area contributed by atoms with Crippen LogP contribution in [0.2, 0.25) is 0 Å². The Morgan fingerprint density at radius 2 is 1.76 bits per heavy atom. The molecular formula is C28H33N3O4S2. The Morgan fingerprint density at radius 3 is 2.43 bits per heavy atom. The van der Waals surface area contributed by atoms with Crippen LogP contribution in [0.15, 0.2) is 64.9 Å². The molecule has 0 radical (unpaired) electrons. The van der Waals surface area contributed by atoms with Gasteiger partial charge >= 0.3 is 0 Å². The van der Waals surface area contributed by atoms with Crippen molar-refractivity contribution < 1.29 is 17.9 Å². The standard InChI is InChI=1S/C28H33N3O4S2/c1-20-4-6-22(7-5-20)28-25-13-17-36-26(25)12-14-30(28)19-27(32)29-15-16-31(21(2)18-29)37(33,34)24-10-8-23(35-3)9-11-24/h4-11,13,17,21,28H,12,14-16,18-19H2,1-3H3/t21-,28+/m1/s1. The lowest BCUT2D eigenvalue weighted by molar-refractivity contribution is -0.135. The van der Waals surface area contributed by atoms with Crippen molar-refractivity contribution in [3.05, 3.63) is 81.5 Å². The zero-order valence-corrected chi connectivity index (χ0v) is 23.1. The molecule has 9 heteroatoms. The van der Waals surface area contributed by atoms with Gasteiger partial charge in [-0.2, -0.15) is 4.31 Å². The molecule has 0 unspecified atom stereocenters. The SMILES string of the molecule is COc1ccc(S(=O)(=O)N2CCN(C(=O)CN3CCc4sccc4[C@@H]3c3ccc(C)cc3)C[C@H]2C)cc1. The number of hydrogen-bond acceptors (Lipinski definition) is 6. The van der Waals surface area contributed by atoms with Gasteiger partial charge in [-0.25, -0.2) is 8.42 Å². The number of aryl methyl sites for hydroxylation is 1. The first-order valence-corrected chi connectivity index (χ1v) is 14.9. The van der Waals surface area contributed by atoms with Gasteiger partial charge < -0.3 is 9.64 Å². The summed E-state index contributed by atoms with van der Waals surface area (Å²) >= 11 is 1.79. The molecule has 2 aromatic carbocycles. The zero-order valence-electron chi connectivity index (χ0n) is 21.5. The molecule has 3 heterocycles. The monoisotopic (exact) mass is 539 g/mol. The van der Waals surface area contributed by atoms with Crippen molar-refractivity contribution in [1.29, 1.82) is 0 Å². The second-order valence-corrected chi connectivity index (χ2v) is 12.7. The Kier molecular flexibility index (Phi) is 7.40. The summed E-state index contributed by atoms with van der Waals surface area (Å²) in [6.07, 6.45) is 0.937. The van der Waals surface area contributed by atoms with Crippen LogP contribution in [0, 0.1) is 6.92 Å². The van der Waals surface area contributed by atoms with Gasteiger partial charge in [0.15, 0.2) is 0 Å². The van der Waals surface area contributed by atoms with Crippen molar-refractivity contribution >= 4 is 27.3 Å². The molecule has 7 nitrogen and oxygen atoms in total. The third-order valence-electron chi connectivity index (χ3n) is 7.38. The van der Waals surface area contributed by atoms with E-state index in [0.717, 1.165) is 13.0 Å². The predicted octanol–water partition coefficient (Wildman–Crippen LogP) is 3.93. The van der Waals surface area contributed by atoms with E-state index in [-0.39, 0.29) is 29.4 Å². The predicted molar refractivity (Wildman–Crippen MR) is 146 cm³/mol. The Hall–Kier alpha value is -2.72. The molecular weight excluding hydrogens is 506 g/mol. The summed E-state index contributed by atoms with van der Waals surface area (Å²) in [6, 6.07) is 16.9. The normalized spacial score (nSPS) is 21.0. The maximum absolute atomic E-state index is 13.5. The van der Waals surface area contributed by atoms with E-state index >= 15 is 0 Å². The number of sulfonamides is 1. The van der Waals surface area contributed by atoms with Crippen LogP contribution in [0.1, 0.15) is 34.5 Å². The number of thiophene rings is 1. The highest BCUT2D eigenvalue weighted by Crippen LogP contribution is 2.37. The lowest BCUT2D eigenvalue weighted by atomic mass is 9.92. The quantitative estimate of drug-likeness (QED) is 0.475. The van der Waals surface area contributed by atoms with Gasteiger partial charge in [0.2, 0.25) is 15.9 Å². The van der Waals surface area contributed by atoms with Gasteiger partial charge in [-0.05, 0) is 67.1 Å². The number of hydrogen-bond donors (Lipinski definition) is 0. The lowest BCUT2D eigenvalue weighted by Gasteiger charge is -2.41. The smallest absolute Gasteiger partial charge is 0.243 e. The van der Waals surface area contributed by atoms with E-state index in [1.54, 1.807) is 42.7 Å². The minimum Gasteiger partial charge on any atom is -0.497 e. The molecule has 0 bridgehead atoms. The molecule has 2 aliphatic heterocycles. The minimum absolute atomic E-state index is 0.0455. The van der Waals surface area contributed by atoms with E-state index in [2.05, 4.69) is 47.5 Å². The van der Waals surface area contributed by atoms with E-state index < -0.39 is 10.0 Å². The number of methoxy groups -OCH3 is 1. The van der Waals surface area contributed by atoms with Crippen LogP contribution in [0.25, 0.3) is 0 Å². The van der Waals surface area contributed by atoms with Crippen molar-refractivity contribution in [2.75, 3.05) is 39.8 Å². The molecule has 1 saturated heterocycles. The fourth-order valence-corrected chi connectivity index (χ4v) is 7.88. The van der Waals surface area contributed by atoms with Crippen LogP contribution in [0.3, 0.4) is 0 Å². The van der Waals surface area contributed by atoms with Gasteiger partial charge in [0.1, 0.15) is 5.75 Å². The summed E-state index contributed by atoms with van der Waals surface area (Å²) in [7, 11) is -2.11. The number of ether oxygens (including phenoxy) is 1. The molecule has 3 aromatic rings. The number of nitrogens with zero attached hydrogens (tertiary/aromatic N) is 3. The molecule has 37 heavy (non-hydrogen) atoms. The van der Waals surface area contributed by atoms with Gasteiger partial charge in [0.25, 0.3) is 0 Å². The highest BCUT2D eigenvalue weighted by Gasteiger charge is 2.37. The van der Waals surface area contributed by atoms with Gasteiger partial charge in [-0.1, -0.05) is 29.8 Å². The number of fused-ring (bicyclic) bond motifs is 1. The number of amides is 1. The van der Waals surface area contributed by atoms with E-state index in [0.29, 0.717) is 25.4 Å². The van der Waals surface area contributed by atoms with Crippen LogP contribution in [-0.4, -0.2) is 74.3 Å². The summed E-state index contributed by atoms with van der Waals surface area (Å²) in [5.41, 5.74) is 3.70. The molecule has 0 saturated carbocycles. The molecule has 1 amide bonds. The summed E-state index contributed by atoms with van der Waals surface area (Å²) in [5, 5.41) is 2.14.